The highest BCUT2D eigenvalue weighted by atomic mass is 79.9. The number of pyridine rings is 1. The predicted molar refractivity (Wildman–Crippen MR) is 158 cm³/mol. The number of halogens is 3. The molecule has 2 saturated heterocycles. The molecule has 3 aliphatic rings. The van der Waals surface area contributed by atoms with Crippen LogP contribution in [0, 0.1) is 5.82 Å². The number of carbonyl (C=O) groups is 1. The highest BCUT2D eigenvalue weighted by molar-refractivity contribution is 9.10. The van der Waals surface area contributed by atoms with Crippen molar-refractivity contribution in [3.63, 3.8) is 0 Å². The van der Waals surface area contributed by atoms with Gasteiger partial charge < -0.3 is 15.5 Å². The van der Waals surface area contributed by atoms with Crippen molar-refractivity contribution in [2.24, 2.45) is 0 Å². The van der Waals surface area contributed by atoms with Crippen LogP contribution < -0.4 is 15.5 Å². The van der Waals surface area contributed by atoms with E-state index in [1.54, 1.807) is 6.07 Å². The van der Waals surface area contributed by atoms with Gasteiger partial charge in [0.15, 0.2) is 0 Å². The minimum absolute atomic E-state index is 0.137. The van der Waals surface area contributed by atoms with Gasteiger partial charge in [-0.15, -0.1) is 0 Å². The normalized spacial score (nSPS) is 21.2. The Kier molecular flexibility index (Phi) is 9.64. The zero-order chi connectivity index (χ0) is 27.4. The molecule has 1 aliphatic carbocycles. The van der Waals surface area contributed by atoms with Gasteiger partial charge in [0.1, 0.15) is 11.6 Å². The summed E-state index contributed by atoms with van der Waals surface area (Å²) in [7, 11) is 0. The molecule has 10 heteroatoms. The lowest BCUT2D eigenvalue weighted by Crippen LogP contribution is -2.58. The summed E-state index contributed by atoms with van der Waals surface area (Å²) < 4.78 is 15.1. The molecule has 0 spiro atoms. The molecule has 1 aromatic heterocycles. The molecule has 39 heavy (non-hydrogen) atoms. The zero-order valence-corrected chi connectivity index (χ0v) is 25.0. The SMILES string of the molecule is CCC[C@H]1CN(c2ncc(CNC(=O)NC3CC3)cc2Cl)CCN1C1CCN(Cc2ccc(Br)cc2F)CC1. The Labute approximate surface area is 244 Å². The number of hydrogen-bond acceptors (Lipinski definition) is 5. The summed E-state index contributed by atoms with van der Waals surface area (Å²) in [5.74, 6) is 0.691. The molecule has 1 aromatic carbocycles. The Morgan fingerprint density at radius 2 is 1.95 bits per heavy atom. The molecule has 7 nitrogen and oxygen atoms in total. The molecule has 5 rings (SSSR count). The number of piperidine rings is 1. The van der Waals surface area contributed by atoms with Crippen molar-refractivity contribution in [3.05, 3.63) is 56.9 Å². The van der Waals surface area contributed by atoms with E-state index in [9.17, 15) is 9.18 Å². The van der Waals surface area contributed by atoms with Crippen LogP contribution in [0.25, 0.3) is 0 Å². The van der Waals surface area contributed by atoms with E-state index < -0.39 is 0 Å². The monoisotopic (exact) mass is 620 g/mol. The largest absolute Gasteiger partial charge is 0.353 e. The Hall–Kier alpha value is -1.94. The van der Waals surface area contributed by atoms with E-state index in [0.29, 0.717) is 36.2 Å². The molecule has 3 heterocycles. The maximum atomic E-state index is 14.3. The molecule has 1 saturated carbocycles. The number of rotatable bonds is 9. The smallest absolute Gasteiger partial charge is 0.315 e. The lowest BCUT2D eigenvalue weighted by molar-refractivity contribution is 0.0587. The van der Waals surface area contributed by atoms with E-state index in [1.165, 1.54) is 0 Å². The molecule has 0 unspecified atom stereocenters. The number of nitrogens with zero attached hydrogens (tertiary/aromatic N) is 4. The van der Waals surface area contributed by atoms with Crippen molar-refractivity contribution in [1.29, 1.82) is 0 Å². The van der Waals surface area contributed by atoms with Gasteiger partial charge in [-0.05, 0) is 69.0 Å². The van der Waals surface area contributed by atoms with Crippen LogP contribution in [0.15, 0.2) is 34.9 Å². The van der Waals surface area contributed by atoms with Crippen LogP contribution in [-0.4, -0.2) is 71.7 Å². The second kappa shape index (κ2) is 13.1. The summed E-state index contributed by atoms with van der Waals surface area (Å²) in [6.45, 7) is 8.08. The van der Waals surface area contributed by atoms with Crippen LogP contribution >= 0.6 is 27.5 Å². The number of amides is 2. The van der Waals surface area contributed by atoms with Crippen molar-refractivity contribution >= 4 is 39.4 Å². The second-order valence-corrected chi connectivity index (χ2v) is 12.4. The summed E-state index contributed by atoms with van der Waals surface area (Å²) in [4.78, 5) is 24.1. The number of urea groups is 1. The van der Waals surface area contributed by atoms with Crippen LogP contribution in [0.1, 0.15) is 56.6 Å². The fourth-order valence-corrected chi connectivity index (χ4v) is 6.52. The van der Waals surface area contributed by atoms with Crippen molar-refractivity contribution < 1.29 is 9.18 Å². The standard InChI is InChI=1S/C29H39BrClFN6O/c1-2-3-25-19-37(28-26(31)14-20(16-33-28)17-34-29(39)35-23-6-7-23)12-13-38(25)24-8-10-36(11-9-24)18-21-4-5-22(30)15-27(21)32/h4-5,14-16,23-25H,2-3,6-13,17-19H2,1H3,(H2,34,35,39)/t25-/m0/s1. The first-order valence-corrected chi connectivity index (χ1v) is 15.4. The summed E-state index contributed by atoms with van der Waals surface area (Å²) in [5, 5.41) is 6.46. The fraction of sp³-hybridized carbons (Fsp3) is 0.586. The van der Waals surface area contributed by atoms with Crippen molar-refractivity contribution in [2.75, 3.05) is 37.6 Å². The number of nitrogens with one attached hydrogen (secondary N) is 2. The van der Waals surface area contributed by atoms with E-state index >= 15 is 0 Å². The molecule has 2 amide bonds. The van der Waals surface area contributed by atoms with Gasteiger partial charge in [-0.1, -0.05) is 46.9 Å². The van der Waals surface area contributed by atoms with Crippen LogP contribution in [-0.2, 0) is 13.1 Å². The van der Waals surface area contributed by atoms with E-state index in [0.717, 1.165) is 92.7 Å². The van der Waals surface area contributed by atoms with Gasteiger partial charge in [-0.2, -0.15) is 0 Å². The zero-order valence-electron chi connectivity index (χ0n) is 22.6. The highest BCUT2D eigenvalue weighted by Crippen LogP contribution is 2.30. The van der Waals surface area contributed by atoms with Gasteiger partial charge in [0.25, 0.3) is 0 Å². The Balaban J connectivity index is 1.14. The first-order valence-electron chi connectivity index (χ1n) is 14.3. The molecule has 0 bridgehead atoms. The van der Waals surface area contributed by atoms with Crippen LogP contribution in [0.2, 0.25) is 5.02 Å². The molecular weight excluding hydrogens is 583 g/mol. The third-order valence-electron chi connectivity index (χ3n) is 8.13. The molecule has 2 aromatic rings. The number of hydrogen-bond donors (Lipinski definition) is 2. The van der Waals surface area contributed by atoms with E-state index in [1.807, 2.05) is 24.4 Å². The van der Waals surface area contributed by atoms with Crippen molar-refractivity contribution in [2.45, 2.75) is 76.7 Å². The van der Waals surface area contributed by atoms with Crippen LogP contribution in [0.4, 0.5) is 15.0 Å². The number of likely N-dealkylation sites (tertiary alicyclic amines) is 1. The minimum atomic E-state index is -0.138. The van der Waals surface area contributed by atoms with Crippen molar-refractivity contribution in [3.8, 4) is 0 Å². The summed E-state index contributed by atoms with van der Waals surface area (Å²) >= 11 is 10.1. The number of anilines is 1. The van der Waals surface area contributed by atoms with Gasteiger partial charge >= 0.3 is 6.03 Å². The third-order valence-corrected chi connectivity index (χ3v) is 8.90. The van der Waals surface area contributed by atoms with E-state index in [-0.39, 0.29) is 11.8 Å². The first kappa shape index (κ1) is 28.6. The van der Waals surface area contributed by atoms with Crippen molar-refractivity contribution in [1.82, 2.24) is 25.4 Å². The van der Waals surface area contributed by atoms with Crippen LogP contribution in [0.5, 0.6) is 0 Å². The molecule has 2 aliphatic heterocycles. The summed E-state index contributed by atoms with van der Waals surface area (Å²) in [6.07, 6.45) is 8.43. The lowest BCUT2D eigenvalue weighted by atomic mass is 9.97. The topological polar surface area (TPSA) is 63.7 Å². The van der Waals surface area contributed by atoms with Crippen LogP contribution in [0.3, 0.4) is 0 Å². The minimum Gasteiger partial charge on any atom is -0.353 e. The van der Waals surface area contributed by atoms with Gasteiger partial charge in [0, 0.05) is 67.1 Å². The Morgan fingerprint density at radius 3 is 2.64 bits per heavy atom. The second-order valence-electron chi connectivity index (χ2n) is 11.1. The molecule has 0 radical (unpaired) electrons. The van der Waals surface area contributed by atoms with Gasteiger partial charge in [0.2, 0.25) is 0 Å². The number of aromatic nitrogens is 1. The maximum absolute atomic E-state index is 14.3. The van der Waals surface area contributed by atoms with Gasteiger partial charge in [-0.25, -0.2) is 14.2 Å². The lowest BCUT2D eigenvalue weighted by Gasteiger charge is -2.48. The quantitative estimate of drug-likeness (QED) is 0.384. The van der Waals surface area contributed by atoms with E-state index in [2.05, 4.69) is 48.2 Å². The third kappa shape index (κ3) is 7.63. The average molecular weight is 622 g/mol. The highest BCUT2D eigenvalue weighted by Gasteiger charge is 2.34. The Morgan fingerprint density at radius 1 is 1.15 bits per heavy atom. The average Bonchev–Trinajstić information content (AvgIpc) is 3.74. The maximum Gasteiger partial charge on any atom is 0.315 e. The Bertz CT molecular complexity index is 1140. The summed E-state index contributed by atoms with van der Waals surface area (Å²) in [5.41, 5.74) is 1.66. The fourth-order valence-electron chi connectivity index (χ4n) is 5.88. The number of piperazine rings is 1. The molecule has 1 atom stereocenters. The molecule has 2 N–H and O–H groups in total. The molecular formula is C29H39BrClFN6O. The number of benzene rings is 1. The first-order chi connectivity index (χ1) is 18.9. The predicted octanol–water partition coefficient (Wildman–Crippen LogP) is 5.55. The van der Waals surface area contributed by atoms with E-state index in [4.69, 9.17) is 16.6 Å². The molecule has 3 fully saturated rings. The number of carbonyl (C=O) groups excluding carboxylic acids is 1. The molecule has 212 valence electrons. The summed E-state index contributed by atoms with van der Waals surface area (Å²) in [6, 6.07) is 8.48. The van der Waals surface area contributed by atoms with Gasteiger partial charge in [-0.3, -0.25) is 9.80 Å². The van der Waals surface area contributed by atoms with Gasteiger partial charge in [0.05, 0.1) is 5.02 Å².